The third kappa shape index (κ3) is 12.5. The molecule has 0 radical (unpaired) electrons. The van der Waals surface area contributed by atoms with E-state index in [1.165, 1.54) is 7.11 Å². The Morgan fingerprint density at radius 1 is 0.939 bits per heavy atom. The summed E-state index contributed by atoms with van der Waals surface area (Å²) >= 11 is 0. The molecule has 0 aromatic heterocycles. The molecule has 282 valence electrons. The smallest absolute Gasteiger partial charge is 0.245 e. The third-order valence-corrected chi connectivity index (χ3v) is 10.1. The van der Waals surface area contributed by atoms with Crippen molar-refractivity contribution in [1.82, 2.24) is 25.3 Å². The monoisotopic (exact) mass is 694 g/mol. The Hall–Kier alpha value is -2.83. The van der Waals surface area contributed by atoms with Crippen LogP contribution in [0.2, 0.25) is 0 Å². The maximum absolute atomic E-state index is 14.0. The molecule has 1 aliphatic rings. The maximum Gasteiger partial charge on any atom is 0.245 e. The summed E-state index contributed by atoms with van der Waals surface area (Å²) < 4.78 is 11.7. The van der Waals surface area contributed by atoms with Gasteiger partial charge in [0.25, 0.3) is 0 Å². The number of ether oxygens (including phenoxy) is 2. The van der Waals surface area contributed by atoms with E-state index in [-0.39, 0.29) is 78.3 Å². The molecule has 0 aliphatic carbocycles. The van der Waals surface area contributed by atoms with Crippen LogP contribution in [0.5, 0.6) is 0 Å². The number of ketones is 1. The van der Waals surface area contributed by atoms with Crippen LogP contribution in [0.3, 0.4) is 0 Å². The number of hydrogen-bond donors (Lipinski definition) is 2. The van der Waals surface area contributed by atoms with E-state index in [0.29, 0.717) is 25.0 Å². The second-order valence-corrected chi connectivity index (χ2v) is 14.8. The summed E-state index contributed by atoms with van der Waals surface area (Å²) in [6.07, 6.45) is 1.78. The maximum atomic E-state index is 14.0. The molecule has 0 unspecified atom stereocenters. The van der Waals surface area contributed by atoms with E-state index in [1.54, 1.807) is 37.8 Å². The molecular weight excluding hydrogens is 626 g/mol. The van der Waals surface area contributed by atoms with Gasteiger partial charge in [0.05, 0.1) is 43.2 Å². The third-order valence-electron chi connectivity index (χ3n) is 10.1. The summed E-state index contributed by atoms with van der Waals surface area (Å²) in [6, 6.07) is -1.63. The first-order chi connectivity index (χ1) is 22.8. The molecule has 4 amide bonds. The first kappa shape index (κ1) is 44.2. The van der Waals surface area contributed by atoms with Gasteiger partial charge in [-0.2, -0.15) is 0 Å². The van der Waals surface area contributed by atoms with Crippen molar-refractivity contribution < 1.29 is 33.4 Å². The second kappa shape index (κ2) is 20.7. The first-order valence-corrected chi connectivity index (χ1v) is 17.9. The fourth-order valence-corrected chi connectivity index (χ4v) is 6.92. The lowest BCUT2D eigenvalue weighted by Crippen LogP contribution is -2.58. The second-order valence-electron chi connectivity index (χ2n) is 14.8. The van der Waals surface area contributed by atoms with Crippen molar-refractivity contribution in [2.24, 2.45) is 23.7 Å². The highest BCUT2D eigenvalue weighted by molar-refractivity contribution is 5.98. The zero-order valence-electron chi connectivity index (χ0n) is 32.6. The molecule has 0 saturated carbocycles. The Labute approximate surface area is 296 Å². The zero-order chi connectivity index (χ0) is 37.7. The number of nitrogens with zero attached hydrogens (tertiary/aromatic N) is 3. The first-order valence-electron chi connectivity index (χ1n) is 17.9. The van der Waals surface area contributed by atoms with Crippen LogP contribution in [0.1, 0.15) is 87.5 Å². The Bertz CT molecular complexity index is 1120. The number of carbonyl (C=O) groups is 5. The van der Waals surface area contributed by atoms with Gasteiger partial charge in [-0.1, -0.05) is 61.5 Å². The van der Waals surface area contributed by atoms with Crippen molar-refractivity contribution in [2.45, 2.75) is 124 Å². The van der Waals surface area contributed by atoms with E-state index in [0.717, 1.165) is 12.8 Å². The molecule has 1 heterocycles. The van der Waals surface area contributed by atoms with Crippen LogP contribution in [0.4, 0.5) is 0 Å². The average Bonchev–Trinajstić information content (AvgIpc) is 3.52. The van der Waals surface area contributed by atoms with Crippen molar-refractivity contribution in [2.75, 3.05) is 48.5 Å². The van der Waals surface area contributed by atoms with Gasteiger partial charge in [-0.25, -0.2) is 0 Å². The lowest BCUT2D eigenvalue weighted by molar-refractivity contribution is -0.143. The minimum Gasteiger partial charge on any atom is -0.381 e. The molecule has 49 heavy (non-hydrogen) atoms. The van der Waals surface area contributed by atoms with Crippen molar-refractivity contribution in [3.8, 4) is 0 Å². The number of rotatable bonds is 21. The highest BCUT2D eigenvalue weighted by Gasteiger charge is 2.41. The fraction of sp³-hybridized carbons (Fsp3) is 0.811. The Balaban J connectivity index is 3.14. The van der Waals surface area contributed by atoms with Gasteiger partial charge in [-0.3, -0.25) is 28.9 Å². The normalized spacial score (nSPS) is 19.2. The van der Waals surface area contributed by atoms with Crippen molar-refractivity contribution >= 4 is 29.4 Å². The molecule has 0 spiro atoms. The Kier molecular flexibility index (Phi) is 18.7. The van der Waals surface area contributed by atoms with Crippen molar-refractivity contribution in [1.29, 1.82) is 0 Å². The Morgan fingerprint density at radius 3 is 2.02 bits per heavy atom. The van der Waals surface area contributed by atoms with E-state index >= 15 is 0 Å². The van der Waals surface area contributed by atoms with Gasteiger partial charge in [-0.15, -0.1) is 0 Å². The van der Waals surface area contributed by atoms with Crippen LogP contribution in [0.25, 0.3) is 0 Å². The molecule has 1 rings (SSSR count). The van der Waals surface area contributed by atoms with Crippen LogP contribution >= 0.6 is 0 Å². The summed E-state index contributed by atoms with van der Waals surface area (Å²) in [5, 5.41) is 5.71. The molecule has 8 atom stereocenters. The summed E-state index contributed by atoms with van der Waals surface area (Å²) in [6.45, 7) is 19.4. The van der Waals surface area contributed by atoms with E-state index in [1.807, 2.05) is 46.7 Å². The topological polar surface area (TPSA) is 138 Å². The van der Waals surface area contributed by atoms with Crippen LogP contribution in [0, 0.1) is 23.7 Å². The summed E-state index contributed by atoms with van der Waals surface area (Å²) in [7, 11) is 8.61. The van der Waals surface area contributed by atoms with Crippen molar-refractivity contribution in [3.05, 3.63) is 12.2 Å². The summed E-state index contributed by atoms with van der Waals surface area (Å²) in [5.74, 6) is -1.58. The number of amides is 4. The van der Waals surface area contributed by atoms with Crippen LogP contribution in [0.15, 0.2) is 12.2 Å². The largest absolute Gasteiger partial charge is 0.381 e. The quantitative estimate of drug-likeness (QED) is 0.175. The predicted octanol–water partition coefficient (Wildman–Crippen LogP) is 3.29. The predicted molar refractivity (Wildman–Crippen MR) is 193 cm³/mol. The van der Waals surface area contributed by atoms with Crippen LogP contribution < -0.4 is 10.6 Å². The highest BCUT2D eigenvalue weighted by atomic mass is 16.5. The minimum absolute atomic E-state index is 0.0654. The lowest BCUT2D eigenvalue weighted by atomic mass is 9.90. The standard InChI is InChI=1S/C37H67N5O7/c1-15-25(8)29(41(12)37(47)32(23(4)5)39-36(46)33(24(6)7)40(10)11)19-27(48-13)20-31(44)42-18-16-17-28(42)34(49-14)26(9)35(45)38-21-30(43)22(2)3/h23-29,32-34H,2,15-21H2,1,3-14H3,(H,38,45)(H,39,46)/t25-,26+,27-,28-,29+,32-,33-,34+/m0/s1. The van der Waals surface area contributed by atoms with E-state index in [9.17, 15) is 24.0 Å². The minimum atomic E-state index is -0.706. The van der Waals surface area contributed by atoms with Gasteiger partial charge in [-0.05, 0) is 63.6 Å². The van der Waals surface area contributed by atoms with Crippen molar-refractivity contribution in [3.63, 3.8) is 0 Å². The molecule has 0 aromatic rings. The average molecular weight is 694 g/mol. The van der Waals surface area contributed by atoms with Crippen LogP contribution in [-0.4, -0.2) is 129 Å². The van der Waals surface area contributed by atoms with Gasteiger partial charge >= 0.3 is 0 Å². The summed E-state index contributed by atoms with van der Waals surface area (Å²) in [5.41, 5.74) is 0.369. The van der Waals surface area contributed by atoms with E-state index < -0.39 is 24.2 Å². The number of likely N-dealkylation sites (tertiary alicyclic amines) is 1. The Morgan fingerprint density at radius 2 is 1.55 bits per heavy atom. The van der Waals surface area contributed by atoms with Gasteiger partial charge in [0.15, 0.2) is 5.78 Å². The number of hydrogen-bond acceptors (Lipinski definition) is 8. The molecular formula is C37H67N5O7. The molecule has 1 saturated heterocycles. The molecule has 0 bridgehead atoms. The molecule has 12 heteroatoms. The van der Waals surface area contributed by atoms with Gasteiger partial charge in [0.1, 0.15) is 6.04 Å². The van der Waals surface area contributed by atoms with E-state index in [2.05, 4.69) is 31.1 Å². The molecule has 1 fully saturated rings. The van der Waals surface area contributed by atoms with Crippen LogP contribution in [-0.2, 0) is 33.4 Å². The number of Topliss-reactive ketones (excluding diaryl/α,β-unsaturated/α-hetero) is 1. The SMILES string of the molecule is C=C(C)C(=O)CNC(=O)[C@H](C)[C@@H](OC)[C@@H]1CCCN1C(=O)C[C@H](C[C@H]([C@@H](C)CC)N(C)C(=O)[C@@H](NC(=O)[C@H](C(C)C)N(C)C)C(C)C)OC. The zero-order valence-corrected chi connectivity index (χ0v) is 32.6. The molecule has 1 aliphatic heterocycles. The van der Waals surface area contributed by atoms with E-state index in [4.69, 9.17) is 9.47 Å². The van der Waals surface area contributed by atoms with Gasteiger partial charge < -0.3 is 29.9 Å². The lowest BCUT2D eigenvalue weighted by Gasteiger charge is -2.39. The number of carbonyl (C=O) groups excluding carboxylic acids is 5. The number of nitrogens with one attached hydrogen (secondary N) is 2. The highest BCUT2D eigenvalue weighted by Crippen LogP contribution is 2.29. The fourth-order valence-electron chi connectivity index (χ4n) is 6.92. The van der Waals surface area contributed by atoms with Gasteiger partial charge in [0, 0.05) is 33.9 Å². The number of likely N-dealkylation sites (N-methyl/N-ethyl adjacent to an activating group) is 2. The molecule has 0 aromatic carbocycles. The number of methoxy groups -OCH3 is 2. The molecule has 12 nitrogen and oxygen atoms in total. The van der Waals surface area contributed by atoms with Gasteiger partial charge in [0.2, 0.25) is 23.6 Å². The summed E-state index contributed by atoms with van der Waals surface area (Å²) in [4.78, 5) is 71.5. The molecule has 2 N–H and O–H groups in total.